The van der Waals surface area contributed by atoms with Gasteiger partial charge in [-0.05, 0) is 44.1 Å². The van der Waals surface area contributed by atoms with Crippen molar-refractivity contribution < 1.29 is 28.5 Å². The maximum atomic E-state index is 13.9. The summed E-state index contributed by atoms with van der Waals surface area (Å²) < 4.78 is 23.4. The smallest absolute Gasteiger partial charge is 0.338 e. The lowest BCUT2D eigenvalue weighted by atomic mass is 9.85. The Morgan fingerprint density at radius 2 is 1.06 bits per heavy atom. The van der Waals surface area contributed by atoms with E-state index in [1.165, 1.54) is 102 Å². The van der Waals surface area contributed by atoms with Crippen molar-refractivity contribution in [2.24, 2.45) is 5.92 Å². The number of hydrogen-bond donors (Lipinski definition) is 0. The van der Waals surface area contributed by atoms with Crippen LogP contribution in [0.4, 0.5) is 0 Å². The summed E-state index contributed by atoms with van der Waals surface area (Å²) in [5, 5.41) is 0. The molecular weight excluding hydrogens is 612 g/mol. The molecule has 0 aromatic rings. The average molecular weight is 687 g/mol. The number of esters is 2. The Kier molecular flexibility index (Phi) is 25.4. The van der Waals surface area contributed by atoms with E-state index in [-0.39, 0.29) is 24.1 Å². The number of allylic oxidation sites excluding steroid dienone is 2. The predicted octanol–water partition coefficient (Wildman–Crippen LogP) is 12.1. The van der Waals surface area contributed by atoms with Crippen LogP contribution in [0.5, 0.6) is 0 Å². The highest BCUT2D eigenvalue weighted by Gasteiger charge is 2.30. The second-order valence-electron chi connectivity index (χ2n) is 14.4. The van der Waals surface area contributed by atoms with E-state index in [0.29, 0.717) is 50.4 Å². The van der Waals surface area contributed by atoms with Crippen molar-refractivity contribution in [1.82, 2.24) is 0 Å². The first-order chi connectivity index (χ1) is 24.0. The quantitative estimate of drug-likeness (QED) is 0.0425. The summed E-state index contributed by atoms with van der Waals surface area (Å²) >= 11 is 0. The van der Waals surface area contributed by atoms with Gasteiger partial charge in [0.1, 0.15) is 0 Å². The van der Waals surface area contributed by atoms with Crippen LogP contribution in [0.1, 0.15) is 188 Å². The lowest BCUT2D eigenvalue weighted by Crippen LogP contribution is -2.23. The largest absolute Gasteiger partial charge is 0.462 e. The predicted molar refractivity (Wildman–Crippen MR) is 202 cm³/mol. The monoisotopic (exact) mass is 687 g/mol. The van der Waals surface area contributed by atoms with E-state index in [0.717, 1.165) is 56.9 Å². The van der Waals surface area contributed by atoms with Gasteiger partial charge in [-0.3, -0.25) is 0 Å². The Hall–Kier alpha value is -1.92. The van der Waals surface area contributed by atoms with Gasteiger partial charge in [-0.2, -0.15) is 0 Å². The summed E-state index contributed by atoms with van der Waals surface area (Å²) in [7, 11) is 0. The number of hydrogen-bond acceptors (Lipinski definition) is 6. The highest BCUT2D eigenvalue weighted by Crippen LogP contribution is 2.34. The van der Waals surface area contributed by atoms with Crippen LogP contribution >= 0.6 is 0 Å². The molecule has 1 aliphatic heterocycles. The topological polar surface area (TPSA) is 71.1 Å². The fourth-order valence-electron chi connectivity index (χ4n) is 6.90. The lowest BCUT2D eigenvalue weighted by Gasteiger charge is -2.25. The molecule has 1 atom stereocenters. The number of rotatable bonds is 30. The highest BCUT2D eigenvalue weighted by atomic mass is 16.7. The maximum Gasteiger partial charge on any atom is 0.338 e. The molecule has 1 aliphatic carbocycles. The molecule has 1 heterocycles. The van der Waals surface area contributed by atoms with Crippen LogP contribution in [-0.4, -0.2) is 44.7 Å². The van der Waals surface area contributed by atoms with Gasteiger partial charge in [-0.25, -0.2) is 9.59 Å². The molecule has 0 amide bonds. The van der Waals surface area contributed by atoms with Gasteiger partial charge in [0.05, 0.1) is 37.6 Å². The van der Waals surface area contributed by atoms with Gasteiger partial charge in [0.2, 0.25) is 0 Å². The van der Waals surface area contributed by atoms with E-state index in [9.17, 15) is 9.59 Å². The minimum atomic E-state index is -0.369. The van der Waals surface area contributed by atoms with Crippen molar-refractivity contribution in [3.63, 3.8) is 0 Å². The van der Waals surface area contributed by atoms with Gasteiger partial charge >= 0.3 is 11.9 Å². The van der Waals surface area contributed by atoms with Gasteiger partial charge in [0, 0.05) is 5.92 Å². The Balaban J connectivity index is 2.17. The molecule has 2 aliphatic rings. The Bertz CT molecular complexity index is 973. The van der Waals surface area contributed by atoms with Crippen LogP contribution in [0.15, 0.2) is 34.4 Å². The fraction of sp³-hybridized carbons (Fsp3) is 0.814. The van der Waals surface area contributed by atoms with Crippen molar-refractivity contribution >= 4 is 11.9 Å². The average Bonchev–Trinajstić information content (AvgIpc) is 3.66. The van der Waals surface area contributed by atoms with Crippen molar-refractivity contribution in [3.8, 4) is 0 Å². The van der Waals surface area contributed by atoms with E-state index in [1.54, 1.807) is 0 Å². The molecule has 0 spiro atoms. The van der Waals surface area contributed by atoms with Crippen LogP contribution in [0.25, 0.3) is 0 Å². The zero-order valence-electron chi connectivity index (χ0n) is 32.3. The van der Waals surface area contributed by atoms with E-state index in [1.807, 2.05) is 6.08 Å². The van der Waals surface area contributed by atoms with E-state index >= 15 is 0 Å². The maximum absolute atomic E-state index is 13.9. The van der Waals surface area contributed by atoms with Crippen molar-refractivity contribution in [1.29, 1.82) is 0 Å². The first-order valence-electron chi connectivity index (χ1n) is 20.7. The van der Waals surface area contributed by atoms with Gasteiger partial charge in [-0.1, -0.05) is 167 Å². The first kappa shape index (κ1) is 43.2. The van der Waals surface area contributed by atoms with Crippen LogP contribution < -0.4 is 0 Å². The molecular formula is C43H74O6. The van der Waals surface area contributed by atoms with E-state index in [4.69, 9.17) is 18.9 Å². The number of unbranched alkanes of at least 4 members (excludes halogenated alkanes) is 19. The number of carbonyl (C=O) groups excluding carboxylic acids is 2. The molecule has 1 saturated heterocycles. The van der Waals surface area contributed by atoms with Crippen LogP contribution in [-0.2, 0) is 28.5 Å². The van der Waals surface area contributed by atoms with Gasteiger partial charge in [-0.15, -0.1) is 0 Å². The standard InChI is InChI=1S/C43H74O6/c1-5-8-11-14-17-19-22-25-32-46-41(44)39(27-24-21-16-13-10-7-3)40(42(45)47-33-26-23-20-18-15-12-9-6-2)38-30-28-37(29-31-38)36(4)43-48-34-35-49-43/h28,30,36,43H,5-27,29,31-35H2,1-4H3/b40-39-. The SMILES string of the molecule is CCCCCCCCCCOC(=O)/C(CCCCCCCC)=C(\C(=O)OCCCCCCCCCC)C1=CC=C(C(C)C2OCCO2)CC1. The summed E-state index contributed by atoms with van der Waals surface area (Å²) in [6.07, 6.45) is 31.6. The molecule has 0 bridgehead atoms. The summed E-state index contributed by atoms with van der Waals surface area (Å²) in [5.41, 5.74) is 3.09. The van der Waals surface area contributed by atoms with Gasteiger partial charge in [0.15, 0.2) is 6.29 Å². The van der Waals surface area contributed by atoms with Crippen molar-refractivity contribution in [3.05, 3.63) is 34.4 Å². The number of carbonyl (C=O) groups is 2. The fourth-order valence-corrected chi connectivity index (χ4v) is 6.90. The Labute approximate surface area is 301 Å². The molecule has 1 fully saturated rings. The second kappa shape index (κ2) is 28.7. The molecule has 282 valence electrons. The van der Waals surface area contributed by atoms with Crippen LogP contribution in [0.3, 0.4) is 0 Å². The van der Waals surface area contributed by atoms with E-state index < -0.39 is 0 Å². The van der Waals surface area contributed by atoms with Gasteiger partial charge < -0.3 is 18.9 Å². The zero-order valence-corrected chi connectivity index (χ0v) is 32.3. The Morgan fingerprint density at radius 3 is 1.53 bits per heavy atom. The van der Waals surface area contributed by atoms with Crippen molar-refractivity contribution in [2.45, 2.75) is 195 Å². The molecule has 0 N–H and O–H groups in total. The van der Waals surface area contributed by atoms with Gasteiger partial charge in [0.25, 0.3) is 0 Å². The van der Waals surface area contributed by atoms with Crippen LogP contribution in [0, 0.1) is 5.92 Å². The summed E-state index contributed by atoms with van der Waals surface area (Å²) in [6, 6.07) is 0. The normalized spacial score (nSPS) is 16.2. The molecule has 0 aromatic heterocycles. The van der Waals surface area contributed by atoms with Crippen LogP contribution in [0.2, 0.25) is 0 Å². The molecule has 0 saturated carbocycles. The first-order valence-corrected chi connectivity index (χ1v) is 20.7. The minimum absolute atomic E-state index is 0.140. The molecule has 6 nitrogen and oxygen atoms in total. The highest BCUT2D eigenvalue weighted by molar-refractivity contribution is 6.03. The summed E-state index contributed by atoms with van der Waals surface area (Å²) in [5.74, 6) is -0.570. The molecule has 0 radical (unpaired) electrons. The van der Waals surface area contributed by atoms with E-state index in [2.05, 4.69) is 33.8 Å². The number of ether oxygens (including phenoxy) is 4. The molecule has 2 rings (SSSR count). The third-order valence-electron chi connectivity index (χ3n) is 10.1. The molecule has 0 aromatic carbocycles. The molecule has 49 heavy (non-hydrogen) atoms. The summed E-state index contributed by atoms with van der Waals surface area (Å²) in [6.45, 7) is 10.9. The molecule has 1 unspecified atom stereocenters. The minimum Gasteiger partial charge on any atom is -0.462 e. The third-order valence-corrected chi connectivity index (χ3v) is 10.1. The summed E-state index contributed by atoms with van der Waals surface area (Å²) in [4.78, 5) is 27.7. The Morgan fingerprint density at radius 1 is 0.612 bits per heavy atom. The lowest BCUT2D eigenvalue weighted by molar-refractivity contribution is -0.142. The second-order valence-corrected chi connectivity index (χ2v) is 14.4. The zero-order chi connectivity index (χ0) is 35.4. The molecule has 6 heteroatoms. The third kappa shape index (κ3) is 18.8. The van der Waals surface area contributed by atoms with Crippen molar-refractivity contribution in [2.75, 3.05) is 26.4 Å².